The monoisotopic (exact) mass is 482 g/mol. The van der Waals surface area contributed by atoms with Gasteiger partial charge in [0.1, 0.15) is 22.3 Å². The zero-order valence-corrected chi connectivity index (χ0v) is 19.1. The van der Waals surface area contributed by atoms with Crippen molar-refractivity contribution in [1.29, 1.82) is 0 Å². The highest BCUT2D eigenvalue weighted by molar-refractivity contribution is 7.98. The maximum absolute atomic E-state index is 14.6. The summed E-state index contributed by atoms with van der Waals surface area (Å²) in [5.41, 5.74) is 0.537. The van der Waals surface area contributed by atoms with Crippen LogP contribution in [0.5, 0.6) is 0 Å². The number of hydrogen-bond acceptors (Lipinski definition) is 6. The van der Waals surface area contributed by atoms with Crippen LogP contribution in [0.25, 0.3) is 26.8 Å². The fourth-order valence-electron chi connectivity index (χ4n) is 3.58. The van der Waals surface area contributed by atoms with Gasteiger partial charge in [0.15, 0.2) is 5.16 Å². The summed E-state index contributed by atoms with van der Waals surface area (Å²) >= 11 is 2.57. The molecule has 0 spiro atoms. The average Bonchev–Trinajstić information content (AvgIpc) is 3.07. The lowest BCUT2D eigenvalue weighted by Crippen LogP contribution is -2.23. The normalized spacial score (nSPS) is 11.5. The maximum Gasteiger partial charge on any atom is 0.266 e. The molecule has 0 aliphatic rings. The molecular formula is C23H16F2N4O2S2. The molecule has 0 bridgehead atoms. The summed E-state index contributed by atoms with van der Waals surface area (Å²) in [6.45, 7) is 3.82. The van der Waals surface area contributed by atoms with Crippen molar-refractivity contribution < 1.29 is 8.78 Å². The predicted molar refractivity (Wildman–Crippen MR) is 127 cm³/mol. The number of thiophene rings is 1. The van der Waals surface area contributed by atoms with Gasteiger partial charge in [-0.2, -0.15) is 0 Å². The molecule has 166 valence electrons. The van der Waals surface area contributed by atoms with Crippen LogP contribution in [0.2, 0.25) is 0 Å². The van der Waals surface area contributed by atoms with E-state index in [4.69, 9.17) is 0 Å². The van der Waals surface area contributed by atoms with E-state index in [1.807, 2.05) is 13.8 Å². The highest BCUT2D eigenvalue weighted by Crippen LogP contribution is 2.28. The van der Waals surface area contributed by atoms with Gasteiger partial charge in [0.05, 0.1) is 27.7 Å². The van der Waals surface area contributed by atoms with Crippen LogP contribution in [0.1, 0.15) is 16.3 Å². The van der Waals surface area contributed by atoms with Crippen LogP contribution in [-0.4, -0.2) is 19.5 Å². The molecule has 2 aromatic carbocycles. The molecule has 6 nitrogen and oxygen atoms in total. The second-order valence-corrected chi connectivity index (χ2v) is 9.56. The number of aromatic amines is 1. The molecule has 0 aliphatic carbocycles. The Bertz CT molecular complexity index is 1670. The van der Waals surface area contributed by atoms with Crippen molar-refractivity contribution in [2.24, 2.45) is 0 Å². The molecule has 3 aromatic heterocycles. The first kappa shape index (κ1) is 21.5. The van der Waals surface area contributed by atoms with E-state index in [1.54, 1.807) is 24.3 Å². The minimum absolute atomic E-state index is 0.108. The van der Waals surface area contributed by atoms with Crippen molar-refractivity contribution in [3.63, 3.8) is 0 Å². The molecule has 1 N–H and O–H groups in total. The standard InChI is InChI=1S/C23H16F2N4O2S2/c1-11-12(2)33-21-19(11)20(30)27-18(28-21)10-32-23-26-16-6-4-3-5-14(16)22(31)29(23)17-8-7-13(24)9-15(17)25/h3-9H,10H2,1-2H3,(H,27,28,30). The van der Waals surface area contributed by atoms with E-state index in [1.165, 1.54) is 17.4 Å². The second kappa shape index (κ2) is 8.20. The van der Waals surface area contributed by atoms with Crippen LogP contribution in [0, 0.1) is 25.5 Å². The molecule has 0 aliphatic heterocycles. The molecule has 0 saturated heterocycles. The molecule has 0 saturated carbocycles. The van der Waals surface area contributed by atoms with Crippen molar-refractivity contribution in [2.45, 2.75) is 24.8 Å². The van der Waals surface area contributed by atoms with E-state index in [0.29, 0.717) is 26.9 Å². The minimum Gasteiger partial charge on any atom is -0.309 e. The number of benzene rings is 2. The molecule has 0 fully saturated rings. The minimum atomic E-state index is -0.881. The molecular weight excluding hydrogens is 466 g/mol. The Hall–Kier alpha value is -3.37. The molecule has 33 heavy (non-hydrogen) atoms. The first-order chi connectivity index (χ1) is 15.8. The number of aryl methyl sites for hydroxylation is 2. The van der Waals surface area contributed by atoms with Crippen LogP contribution < -0.4 is 11.1 Å². The molecule has 0 radical (unpaired) electrons. The summed E-state index contributed by atoms with van der Waals surface area (Å²) in [7, 11) is 0. The number of H-pyrrole nitrogens is 1. The maximum atomic E-state index is 14.6. The third-order valence-electron chi connectivity index (χ3n) is 5.32. The number of thioether (sulfide) groups is 1. The summed E-state index contributed by atoms with van der Waals surface area (Å²) in [6.07, 6.45) is 0. The highest BCUT2D eigenvalue weighted by Gasteiger charge is 2.18. The fraction of sp³-hybridized carbons (Fsp3) is 0.130. The van der Waals surface area contributed by atoms with Gasteiger partial charge in [0, 0.05) is 10.9 Å². The summed E-state index contributed by atoms with van der Waals surface area (Å²) < 4.78 is 29.2. The SMILES string of the molecule is Cc1sc2nc(CSc3nc4ccccc4c(=O)n3-c3ccc(F)cc3F)[nH]c(=O)c2c1C. The van der Waals surface area contributed by atoms with Crippen LogP contribution in [0.15, 0.2) is 57.2 Å². The van der Waals surface area contributed by atoms with Crippen molar-refractivity contribution in [3.05, 3.63) is 91.1 Å². The third-order valence-corrected chi connectivity index (χ3v) is 7.37. The van der Waals surface area contributed by atoms with Crippen molar-refractivity contribution in [3.8, 4) is 5.69 Å². The van der Waals surface area contributed by atoms with Gasteiger partial charge in [-0.3, -0.25) is 14.2 Å². The quantitative estimate of drug-likeness (QED) is 0.292. The number of para-hydroxylation sites is 1. The van der Waals surface area contributed by atoms with Crippen LogP contribution in [0.4, 0.5) is 8.78 Å². The molecule has 0 unspecified atom stereocenters. The van der Waals surface area contributed by atoms with E-state index in [-0.39, 0.29) is 22.2 Å². The van der Waals surface area contributed by atoms with Gasteiger partial charge in [-0.15, -0.1) is 11.3 Å². The summed E-state index contributed by atoms with van der Waals surface area (Å²) in [5.74, 6) is -1.03. The Morgan fingerprint density at radius 1 is 1.09 bits per heavy atom. The van der Waals surface area contributed by atoms with Crippen molar-refractivity contribution >= 4 is 44.2 Å². The molecule has 10 heteroatoms. The number of aromatic nitrogens is 4. The largest absolute Gasteiger partial charge is 0.309 e. The zero-order chi connectivity index (χ0) is 23.3. The second-order valence-electron chi connectivity index (χ2n) is 7.41. The Morgan fingerprint density at radius 2 is 1.88 bits per heavy atom. The van der Waals surface area contributed by atoms with E-state index < -0.39 is 17.2 Å². The first-order valence-electron chi connectivity index (χ1n) is 9.92. The fourth-order valence-corrected chi connectivity index (χ4v) is 5.51. The number of fused-ring (bicyclic) bond motifs is 2. The lowest BCUT2D eigenvalue weighted by molar-refractivity contribution is 0.572. The smallest absolute Gasteiger partial charge is 0.266 e. The highest BCUT2D eigenvalue weighted by atomic mass is 32.2. The van der Waals surface area contributed by atoms with Gasteiger partial charge < -0.3 is 4.98 Å². The molecule has 5 aromatic rings. The third kappa shape index (κ3) is 3.75. The Labute approximate surface area is 194 Å². The van der Waals surface area contributed by atoms with Crippen LogP contribution in [0.3, 0.4) is 0 Å². The molecule has 5 rings (SSSR count). The average molecular weight is 483 g/mol. The number of nitrogens with zero attached hydrogens (tertiary/aromatic N) is 3. The molecule has 3 heterocycles. The number of nitrogens with one attached hydrogen (secondary N) is 1. The Balaban J connectivity index is 1.63. The summed E-state index contributed by atoms with van der Waals surface area (Å²) in [5, 5.41) is 1.08. The van der Waals surface area contributed by atoms with Gasteiger partial charge in [-0.1, -0.05) is 23.9 Å². The zero-order valence-electron chi connectivity index (χ0n) is 17.5. The van der Waals surface area contributed by atoms with Crippen LogP contribution >= 0.6 is 23.1 Å². The van der Waals surface area contributed by atoms with Crippen molar-refractivity contribution in [1.82, 2.24) is 19.5 Å². The van der Waals surface area contributed by atoms with E-state index in [0.717, 1.165) is 38.9 Å². The first-order valence-corrected chi connectivity index (χ1v) is 11.7. The van der Waals surface area contributed by atoms with Gasteiger partial charge in [-0.05, 0) is 43.7 Å². The van der Waals surface area contributed by atoms with Gasteiger partial charge in [0.25, 0.3) is 11.1 Å². The van der Waals surface area contributed by atoms with Crippen LogP contribution in [-0.2, 0) is 5.75 Å². The van der Waals surface area contributed by atoms with Gasteiger partial charge >= 0.3 is 0 Å². The van der Waals surface area contributed by atoms with E-state index >= 15 is 0 Å². The van der Waals surface area contributed by atoms with E-state index in [9.17, 15) is 18.4 Å². The van der Waals surface area contributed by atoms with E-state index in [2.05, 4.69) is 15.0 Å². The molecule has 0 atom stereocenters. The summed E-state index contributed by atoms with van der Waals surface area (Å²) in [6, 6.07) is 9.75. The van der Waals surface area contributed by atoms with Crippen molar-refractivity contribution in [2.75, 3.05) is 0 Å². The topological polar surface area (TPSA) is 80.6 Å². The molecule has 0 amide bonds. The lowest BCUT2D eigenvalue weighted by Gasteiger charge is -2.14. The Morgan fingerprint density at radius 3 is 2.67 bits per heavy atom. The van der Waals surface area contributed by atoms with Gasteiger partial charge in [-0.25, -0.2) is 18.7 Å². The Kier molecular flexibility index (Phi) is 5.34. The number of hydrogen-bond donors (Lipinski definition) is 1. The lowest BCUT2D eigenvalue weighted by atomic mass is 10.2. The predicted octanol–water partition coefficient (Wildman–Crippen LogP) is 4.87. The summed E-state index contributed by atoms with van der Waals surface area (Å²) in [4.78, 5) is 39.4. The van der Waals surface area contributed by atoms with Gasteiger partial charge in [0.2, 0.25) is 0 Å². The number of halogens is 2. The number of rotatable bonds is 4.